The van der Waals surface area contributed by atoms with Crippen LogP contribution < -0.4 is 14.2 Å². The highest BCUT2D eigenvalue weighted by Crippen LogP contribution is 2.22. The number of aliphatic carboxylic acids is 1. The second-order valence-corrected chi connectivity index (χ2v) is 6.67. The smallest absolute Gasteiger partial charge is 0.333 e. The van der Waals surface area contributed by atoms with Crippen molar-refractivity contribution < 1.29 is 28.8 Å². The lowest BCUT2D eigenvalue weighted by Crippen LogP contribution is -2.26. The molecule has 6 heteroatoms. The van der Waals surface area contributed by atoms with Crippen molar-refractivity contribution in [2.45, 2.75) is 33.3 Å². The van der Waals surface area contributed by atoms with E-state index < -0.39 is 12.1 Å². The molecule has 1 atom stereocenters. The molecule has 0 aliphatic carbocycles. The molecule has 1 unspecified atom stereocenters. The Kier molecular flexibility index (Phi) is 10.7. The standard InChI is InChI=1S/C26H30O6/c1-4-29-23-16-21(17-24(19-23)30-5-2)10-8-7-9-15-32-22-13-11-20(12-14-22)18-25(26(27)28)31-6-3/h7,9,11-14,16-17,19,25H,4-6,15,18H2,1-3H3,(H,27,28). The van der Waals surface area contributed by atoms with E-state index in [1.54, 1.807) is 13.0 Å². The van der Waals surface area contributed by atoms with Gasteiger partial charge in [-0.25, -0.2) is 4.79 Å². The highest BCUT2D eigenvalue weighted by molar-refractivity contribution is 5.72. The first kappa shape index (κ1) is 24.8. The minimum Gasteiger partial charge on any atom is -0.494 e. The van der Waals surface area contributed by atoms with E-state index in [1.165, 1.54) is 0 Å². The maximum atomic E-state index is 11.2. The van der Waals surface area contributed by atoms with Gasteiger partial charge in [-0.2, -0.15) is 0 Å². The fourth-order valence-electron chi connectivity index (χ4n) is 2.87. The molecule has 2 aromatic carbocycles. The normalized spacial score (nSPS) is 11.5. The highest BCUT2D eigenvalue weighted by Gasteiger charge is 2.17. The van der Waals surface area contributed by atoms with Crippen LogP contribution in [0.2, 0.25) is 0 Å². The molecule has 0 saturated heterocycles. The maximum Gasteiger partial charge on any atom is 0.333 e. The van der Waals surface area contributed by atoms with E-state index in [2.05, 4.69) is 11.8 Å². The van der Waals surface area contributed by atoms with Crippen LogP contribution in [0.4, 0.5) is 0 Å². The highest BCUT2D eigenvalue weighted by atomic mass is 16.5. The molecule has 0 spiro atoms. The molecule has 0 saturated carbocycles. The Labute approximate surface area is 189 Å². The van der Waals surface area contributed by atoms with Crippen LogP contribution in [0.1, 0.15) is 31.9 Å². The fraction of sp³-hybridized carbons (Fsp3) is 0.346. The zero-order valence-electron chi connectivity index (χ0n) is 18.8. The molecule has 0 heterocycles. The molecule has 0 aromatic heterocycles. The zero-order valence-corrected chi connectivity index (χ0v) is 18.8. The summed E-state index contributed by atoms with van der Waals surface area (Å²) in [7, 11) is 0. The van der Waals surface area contributed by atoms with Crippen LogP contribution in [0, 0.1) is 11.8 Å². The molecule has 0 bridgehead atoms. The van der Waals surface area contributed by atoms with E-state index in [1.807, 2.05) is 62.4 Å². The van der Waals surface area contributed by atoms with Crippen LogP contribution in [-0.4, -0.2) is 43.6 Å². The number of hydrogen-bond acceptors (Lipinski definition) is 5. The van der Waals surface area contributed by atoms with Gasteiger partial charge in [-0.05, 0) is 62.8 Å². The number of allylic oxidation sites excluding steroid dienone is 1. The second kappa shape index (κ2) is 13.8. The van der Waals surface area contributed by atoms with Crippen molar-refractivity contribution in [3.63, 3.8) is 0 Å². The first-order chi connectivity index (χ1) is 15.5. The van der Waals surface area contributed by atoms with Crippen molar-refractivity contribution in [2.24, 2.45) is 0 Å². The summed E-state index contributed by atoms with van der Waals surface area (Å²) in [6.07, 6.45) is 3.04. The van der Waals surface area contributed by atoms with E-state index in [4.69, 9.17) is 18.9 Å². The van der Waals surface area contributed by atoms with E-state index in [0.29, 0.717) is 38.6 Å². The van der Waals surface area contributed by atoms with E-state index in [0.717, 1.165) is 22.6 Å². The Bertz CT molecular complexity index is 913. The molecule has 0 amide bonds. The van der Waals surface area contributed by atoms with Crippen LogP contribution >= 0.6 is 0 Å². The second-order valence-electron chi connectivity index (χ2n) is 6.67. The van der Waals surface area contributed by atoms with Crippen molar-refractivity contribution in [1.29, 1.82) is 0 Å². The quantitative estimate of drug-likeness (QED) is 0.492. The van der Waals surface area contributed by atoms with E-state index in [-0.39, 0.29) is 0 Å². The minimum absolute atomic E-state index is 0.314. The van der Waals surface area contributed by atoms with Crippen molar-refractivity contribution >= 4 is 5.97 Å². The minimum atomic E-state index is -0.961. The van der Waals surface area contributed by atoms with Gasteiger partial charge in [0.05, 0.1) is 13.2 Å². The molecule has 0 radical (unpaired) electrons. The fourth-order valence-corrected chi connectivity index (χ4v) is 2.87. The first-order valence-corrected chi connectivity index (χ1v) is 10.7. The zero-order chi connectivity index (χ0) is 23.2. The number of rotatable bonds is 12. The molecule has 0 aliphatic rings. The summed E-state index contributed by atoms with van der Waals surface area (Å²) in [6.45, 7) is 7.53. The van der Waals surface area contributed by atoms with Crippen LogP contribution in [-0.2, 0) is 16.0 Å². The molecule has 32 heavy (non-hydrogen) atoms. The number of carboxylic acids is 1. The van der Waals surface area contributed by atoms with Gasteiger partial charge in [-0.15, -0.1) is 0 Å². The molecule has 6 nitrogen and oxygen atoms in total. The van der Waals surface area contributed by atoms with Gasteiger partial charge in [0.2, 0.25) is 0 Å². The summed E-state index contributed by atoms with van der Waals surface area (Å²) in [5.74, 6) is 7.26. The summed E-state index contributed by atoms with van der Waals surface area (Å²) in [5, 5.41) is 9.17. The third-order valence-corrected chi connectivity index (χ3v) is 4.25. The Morgan fingerprint density at radius 1 is 0.938 bits per heavy atom. The first-order valence-electron chi connectivity index (χ1n) is 10.7. The number of carbonyl (C=O) groups is 1. The Hall–Kier alpha value is -3.43. The average molecular weight is 439 g/mol. The molecule has 0 fully saturated rings. The summed E-state index contributed by atoms with van der Waals surface area (Å²) >= 11 is 0. The van der Waals surface area contributed by atoms with Gasteiger partial charge in [-0.3, -0.25) is 0 Å². The Morgan fingerprint density at radius 3 is 2.16 bits per heavy atom. The number of carboxylic acid groups (broad SMARTS) is 1. The van der Waals surface area contributed by atoms with Crippen molar-refractivity contribution in [3.8, 4) is 29.1 Å². The third-order valence-electron chi connectivity index (χ3n) is 4.25. The largest absolute Gasteiger partial charge is 0.494 e. The molecular weight excluding hydrogens is 408 g/mol. The predicted octanol–water partition coefficient (Wildman–Crippen LogP) is 4.50. The monoisotopic (exact) mass is 438 g/mol. The van der Waals surface area contributed by atoms with Crippen LogP contribution in [0.5, 0.6) is 17.2 Å². The van der Waals surface area contributed by atoms with Gasteiger partial charge >= 0.3 is 5.97 Å². The summed E-state index contributed by atoms with van der Waals surface area (Å²) < 4.78 is 22.0. The van der Waals surface area contributed by atoms with Crippen molar-refractivity contribution in [3.05, 3.63) is 65.7 Å². The van der Waals surface area contributed by atoms with Crippen molar-refractivity contribution in [1.82, 2.24) is 0 Å². The van der Waals surface area contributed by atoms with Gasteiger partial charge < -0.3 is 24.1 Å². The average Bonchev–Trinajstić information content (AvgIpc) is 2.77. The molecule has 170 valence electrons. The van der Waals surface area contributed by atoms with Gasteiger partial charge in [0, 0.05) is 24.7 Å². The van der Waals surface area contributed by atoms with Gasteiger partial charge in [0.15, 0.2) is 6.10 Å². The lowest BCUT2D eigenvalue weighted by molar-refractivity contribution is -0.149. The summed E-state index contributed by atoms with van der Waals surface area (Å²) in [5.41, 5.74) is 1.69. The molecule has 1 N–H and O–H groups in total. The maximum absolute atomic E-state index is 11.2. The molecular formula is C26H30O6. The summed E-state index contributed by atoms with van der Waals surface area (Å²) in [4.78, 5) is 11.2. The third kappa shape index (κ3) is 8.75. The lowest BCUT2D eigenvalue weighted by atomic mass is 10.1. The lowest BCUT2D eigenvalue weighted by Gasteiger charge is -2.12. The number of benzene rings is 2. The Balaban J connectivity index is 1.87. The van der Waals surface area contributed by atoms with E-state index >= 15 is 0 Å². The topological polar surface area (TPSA) is 74.2 Å². The van der Waals surface area contributed by atoms with Gasteiger partial charge in [0.25, 0.3) is 0 Å². The molecule has 2 aromatic rings. The number of hydrogen-bond donors (Lipinski definition) is 1. The molecule has 0 aliphatic heterocycles. The summed E-state index contributed by atoms with van der Waals surface area (Å²) in [6, 6.07) is 12.9. The van der Waals surface area contributed by atoms with Crippen molar-refractivity contribution in [2.75, 3.05) is 26.4 Å². The van der Waals surface area contributed by atoms with Gasteiger partial charge in [-0.1, -0.05) is 24.0 Å². The predicted molar refractivity (Wildman–Crippen MR) is 123 cm³/mol. The van der Waals surface area contributed by atoms with E-state index in [9.17, 15) is 9.90 Å². The van der Waals surface area contributed by atoms with Crippen LogP contribution in [0.25, 0.3) is 0 Å². The van der Waals surface area contributed by atoms with Crippen LogP contribution in [0.3, 0.4) is 0 Å². The van der Waals surface area contributed by atoms with Gasteiger partial charge in [0.1, 0.15) is 23.9 Å². The molecule has 2 rings (SSSR count). The van der Waals surface area contributed by atoms with Crippen LogP contribution in [0.15, 0.2) is 54.6 Å². The number of ether oxygens (including phenoxy) is 4. The SMILES string of the molecule is CCOc1cc(C#CC=CCOc2ccc(CC(OCC)C(=O)O)cc2)cc(OCC)c1. The Morgan fingerprint density at radius 2 is 1.59 bits per heavy atom.